The van der Waals surface area contributed by atoms with Crippen LogP contribution >= 0.6 is 0 Å². The average Bonchev–Trinajstić information content (AvgIpc) is 3.38. The van der Waals surface area contributed by atoms with E-state index in [2.05, 4.69) is 129 Å². The minimum atomic E-state index is 0.257. The van der Waals surface area contributed by atoms with Gasteiger partial charge in [-0.3, -0.25) is 0 Å². The summed E-state index contributed by atoms with van der Waals surface area (Å²) < 4.78 is 8.67. The zero-order valence-corrected chi connectivity index (χ0v) is 24.8. The normalized spacial score (nSPS) is 16.4. The number of pyridine rings is 2. The van der Waals surface area contributed by atoms with Gasteiger partial charge in [-0.05, 0) is 94.6 Å². The summed E-state index contributed by atoms with van der Waals surface area (Å²) >= 11 is 0. The molecule has 0 N–H and O–H groups in total. The number of aryl methyl sites for hydroxylation is 4. The van der Waals surface area contributed by atoms with Gasteiger partial charge in [-0.1, -0.05) is 66.7 Å². The van der Waals surface area contributed by atoms with E-state index in [1.165, 1.54) is 55.6 Å². The molecule has 0 unspecified atom stereocenters. The predicted octanol–water partition coefficient (Wildman–Crippen LogP) is 9.05. The van der Waals surface area contributed by atoms with Gasteiger partial charge in [0.2, 0.25) is 11.4 Å². The maximum absolute atomic E-state index is 6.47. The van der Waals surface area contributed by atoms with Gasteiger partial charge in [0.05, 0.1) is 5.56 Å². The molecule has 3 nitrogen and oxygen atoms in total. The molecule has 10 rings (SSSR count). The molecule has 3 aromatic heterocycles. The Labute approximate surface area is 251 Å². The van der Waals surface area contributed by atoms with E-state index >= 15 is 0 Å². The van der Waals surface area contributed by atoms with Crippen LogP contribution in [-0.2, 0) is 7.05 Å². The van der Waals surface area contributed by atoms with Crippen LogP contribution in [0.25, 0.3) is 44.5 Å². The van der Waals surface area contributed by atoms with Gasteiger partial charge in [0.1, 0.15) is 7.05 Å². The van der Waals surface area contributed by atoms with Gasteiger partial charge in [-0.15, -0.1) is 0 Å². The largest absolute Gasteiger partial charge is 0.437 e. The third kappa shape index (κ3) is 3.36. The summed E-state index contributed by atoms with van der Waals surface area (Å²) in [6.45, 7) is 6.47. The molecule has 3 aliphatic carbocycles. The molecule has 0 fully saturated rings. The number of nitrogens with zero attached hydrogens (tertiary/aromatic N) is 2. The smallest absolute Gasteiger partial charge is 0.227 e. The Balaban J connectivity index is 1.24. The molecule has 7 aromatic rings. The van der Waals surface area contributed by atoms with E-state index < -0.39 is 0 Å². The molecule has 3 heteroatoms. The first kappa shape index (κ1) is 24.6. The SMILES string of the molecule is Cc1ccc2c(n1)oc1c(-c3cc(-c4cc(C)c5c(c4)C4c6ccccc6C5c5ccccc54)cc[n+]3C)c(C)ccc12. The highest BCUT2D eigenvalue weighted by molar-refractivity contribution is 6.08. The Morgan fingerprint density at radius 3 is 2.02 bits per heavy atom. The summed E-state index contributed by atoms with van der Waals surface area (Å²) in [6, 6.07) is 36.1. The van der Waals surface area contributed by atoms with E-state index in [4.69, 9.17) is 9.40 Å². The van der Waals surface area contributed by atoms with Gasteiger partial charge in [-0.2, -0.15) is 0 Å². The van der Waals surface area contributed by atoms with Crippen molar-refractivity contribution in [3.63, 3.8) is 0 Å². The van der Waals surface area contributed by atoms with Gasteiger partial charge in [0, 0.05) is 40.4 Å². The van der Waals surface area contributed by atoms with Crippen molar-refractivity contribution in [2.24, 2.45) is 7.05 Å². The second-order valence-electron chi connectivity index (χ2n) is 12.4. The minimum absolute atomic E-state index is 0.257. The lowest BCUT2D eigenvalue weighted by molar-refractivity contribution is -0.660. The average molecular weight is 556 g/mol. The van der Waals surface area contributed by atoms with Crippen molar-refractivity contribution in [2.75, 3.05) is 0 Å². The van der Waals surface area contributed by atoms with Crippen LogP contribution in [0.2, 0.25) is 0 Å². The lowest BCUT2D eigenvalue weighted by Crippen LogP contribution is -2.30. The molecule has 0 radical (unpaired) electrons. The maximum atomic E-state index is 6.47. The number of fused-ring (bicyclic) bond motifs is 3. The fourth-order valence-corrected chi connectivity index (χ4v) is 7.91. The fourth-order valence-electron chi connectivity index (χ4n) is 7.91. The van der Waals surface area contributed by atoms with Gasteiger partial charge in [-0.25, -0.2) is 9.55 Å². The van der Waals surface area contributed by atoms with Crippen molar-refractivity contribution >= 4 is 22.1 Å². The fraction of sp³-hybridized carbons (Fsp3) is 0.150. The molecule has 0 saturated carbocycles. The summed E-state index contributed by atoms with van der Waals surface area (Å²) in [4.78, 5) is 4.69. The molecule has 43 heavy (non-hydrogen) atoms. The number of furan rings is 1. The Kier molecular flexibility index (Phi) is 5.00. The lowest BCUT2D eigenvalue weighted by Gasteiger charge is -2.43. The van der Waals surface area contributed by atoms with Crippen LogP contribution in [0.3, 0.4) is 0 Å². The first-order chi connectivity index (χ1) is 21.0. The second kappa shape index (κ2) is 8.75. The Hall–Kier alpha value is -5.02. The van der Waals surface area contributed by atoms with E-state index in [0.29, 0.717) is 5.71 Å². The van der Waals surface area contributed by atoms with Gasteiger partial charge in [0.15, 0.2) is 11.8 Å². The molecule has 0 atom stereocenters. The minimum Gasteiger partial charge on any atom is -0.437 e. The summed E-state index contributed by atoms with van der Waals surface area (Å²) in [7, 11) is 2.12. The molecule has 206 valence electrons. The Morgan fingerprint density at radius 1 is 0.628 bits per heavy atom. The van der Waals surface area contributed by atoms with E-state index in [1.54, 1.807) is 0 Å². The van der Waals surface area contributed by atoms with E-state index in [0.717, 1.165) is 33.3 Å². The number of rotatable bonds is 2. The quantitative estimate of drug-likeness (QED) is 0.199. The van der Waals surface area contributed by atoms with Gasteiger partial charge >= 0.3 is 0 Å². The summed E-state index contributed by atoms with van der Waals surface area (Å²) in [5.41, 5.74) is 18.6. The third-order valence-electron chi connectivity index (χ3n) is 9.85. The second-order valence-corrected chi connectivity index (χ2v) is 12.4. The standard InChI is InChI=1S/C40H31N2O/c1-22-13-15-31-32-16-14-24(3)41-40(32)43-39(31)36(22)34-21-25(17-18-42(34)4)26-19-23(2)35-33(20-26)37-27-9-5-7-11-29(27)38(35)30-12-8-6-10-28(30)37/h5-21,37-38H,1-4H3/q+1. The zero-order chi connectivity index (χ0) is 29.0. The van der Waals surface area contributed by atoms with Crippen LogP contribution in [-0.4, -0.2) is 4.98 Å². The van der Waals surface area contributed by atoms with Crippen molar-refractivity contribution < 1.29 is 8.98 Å². The molecule has 2 bridgehead atoms. The Bertz CT molecular complexity index is 2260. The topological polar surface area (TPSA) is 29.9 Å². The molecule has 3 heterocycles. The summed E-state index contributed by atoms with van der Waals surface area (Å²) in [6.07, 6.45) is 2.18. The molecule has 0 spiro atoms. The molecular weight excluding hydrogens is 524 g/mol. The summed E-state index contributed by atoms with van der Waals surface area (Å²) in [5.74, 6) is 0.545. The summed E-state index contributed by atoms with van der Waals surface area (Å²) in [5, 5.41) is 2.16. The molecule has 0 saturated heterocycles. The van der Waals surface area contributed by atoms with Crippen LogP contribution in [0.4, 0.5) is 0 Å². The zero-order valence-electron chi connectivity index (χ0n) is 24.8. The molecule has 3 aliphatic rings. The Morgan fingerprint density at radius 2 is 1.30 bits per heavy atom. The molecular formula is C40H31N2O+. The number of benzene rings is 4. The monoisotopic (exact) mass is 555 g/mol. The van der Waals surface area contributed by atoms with Crippen LogP contribution in [0, 0.1) is 20.8 Å². The van der Waals surface area contributed by atoms with Crippen molar-refractivity contribution in [1.29, 1.82) is 0 Å². The number of aromatic nitrogens is 2. The van der Waals surface area contributed by atoms with Crippen molar-refractivity contribution in [3.8, 4) is 22.4 Å². The van der Waals surface area contributed by atoms with Crippen LogP contribution in [0.5, 0.6) is 0 Å². The van der Waals surface area contributed by atoms with Gasteiger partial charge in [0.25, 0.3) is 0 Å². The molecule has 0 amide bonds. The third-order valence-corrected chi connectivity index (χ3v) is 9.85. The van der Waals surface area contributed by atoms with Crippen molar-refractivity contribution in [2.45, 2.75) is 32.6 Å². The van der Waals surface area contributed by atoms with Crippen LogP contribution in [0.1, 0.15) is 62.0 Å². The van der Waals surface area contributed by atoms with Crippen molar-refractivity contribution in [1.82, 2.24) is 4.98 Å². The molecule has 0 aliphatic heterocycles. The highest BCUT2D eigenvalue weighted by Crippen LogP contribution is 2.57. The highest BCUT2D eigenvalue weighted by atomic mass is 16.3. The predicted molar refractivity (Wildman–Crippen MR) is 173 cm³/mol. The first-order valence-electron chi connectivity index (χ1n) is 15.1. The van der Waals surface area contributed by atoms with E-state index in [9.17, 15) is 0 Å². The lowest BCUT2D eigenvalue weighted by atomic mass is 9.60. The molecule has 4 aromatic carbocycles. The van der Waals surface area contributed by atoms with Crippen molar-refractivity contribution in [3.05, 3.63) is 153 Å². The first-order valence-corrected chi connectivity index (χ1v) is 15.1. The van der Waals surface area contributed by atoms with E-state index in [1.807, 2.05) is 6.92 Å². The van der Waals surface area contributed by atoms with Crippen LogP contribution < -0.4 is 4.57 Å². The van der Waals surface area contributed by atoms with Gasteiger partial charge < -0.3 is 4.42 Å². The maximum Gasteiger partial charge on any atom is 0.227 e. The number of hydrogen-bond donors (Lipinski definition) is 0. The highest BCUT2D eigenvalue weighted by Gasteiger charge is 2.42. The number of hydrogen-bond acceptors (Lipinski definition) is 2. The van der Waals surface area contributed by atoms with Crippen LogP contribution in [0.15, 0.2) is 108 Å². The van der Waals surface area contributed by atoms with E-state index in [-0.39, 0.29) is 11.8 Å².